The third-order valence-electron chi connectivity index (χ3n) is 18.0. The molecule has 8 aromatic carbocycles. The van der Waals surface area contributed by atoms with E-state index in [9.17, 15) is 0 Å². The summed E-state index contributed by atoms with van der Waals surface area (Å²) in [7, 11) is 0. The summed E-state index contributed by atoms with van der Waals surface area (Å²) >= 11 is 2.68. The fourth-order valence-electron chi connectivity index (χ4n) is 15.4. The molecular weight excluding hydrogens is 1110 g/mol. The van der Waals surface area contributed by atoms with Crippen LogP contribution in [0.25, 0.3) is 44.3 Å². The van der Waals surface area contributed by atoms with Gasteiger partial charge in [-0.1, -0.05) is 32.9 Å². The average molecular weight is 1170 g/mol. The molecule has 4 bridgehead atoms. The SMILES string of the molecule is CC(C)(C)c1ccnc(-n2c3ccccc3c3ccc(Oc4cccc(-n5[c](=[Pt])n(C67c8ccccc8C(c8ccccc86)C6(C(C)(C)C)c8ccccc8C7(C(C)(C)C)c7ccccc76)c6ccccc65)c4)cc32)c1. The zero-order valence-corrected chi connectivity index (χ0v) is 47.0. The summed E-state index contributed by atoms with van der Waals surface area (Å²) in [6.45, 7) is 21.8. The van der Waals surface area contributed by atoms with Gasteiger partial charge in [-0.25, -0.2) is 0 Å². The van der Waals surface area contributed by atoms with E-state index in [1.807, 2.05) is 6.20 Å². The molecule has 0 aliphatic heterocycles. The van der Waals surface area contributed by atoms with Gasteiger partial charge in [0.05, 0.1) is 0 Å². The van der Waals surface area contributed by atoms with Crippen molar-refractivity contribution in [3.63, 3.8) is 0 Å². The molecule has 17 rings (SSSR count). The van der Waals surface area contributed by atoms with Crippen molar-refractivity contribution in [2.24, 2.45) is 10.8 Å². The van der Waals surface area contributed by atoms with Crippen molar-refractivity contribution >= 4 is 32.8 Å². The monoisotopic (exact) mass is 1170 g/mol. The molecule has 0 amide bonds. The summed E-state index contributed by atoms with van der Waals surface area (Å²) in [6, 6.07) is 75.6. The van der Waals surface area contributed by atoms with Crippen LogP contribution in [0, 0.1) is 14.6 Å². The van der Waals surface area contributed by atoms with Crippen LogP contribution in [0.3, 0.4) is 0 Å². The molecule has 378 valence electrons. The Bertz CT molecular complexity index is 4180. The van der Waals surface area contributed by atoms with Crippen LogP contribution in [-0.4, -0.2) is 18.7 Å². The zero-order valence-electron chi connectivity index (χ0n) is 44.7. The number of ether oxygens (including phenoxy) is 1. The maximum absolute atomic E-state index is 7.02. The summed E-state index contributed by atoms with van der Waals surface area (Å²) in [6.07, 6.45) is 1.94. The number of fused-ring (bicyclic) bond motifs is 4. The molecule has 6 aliphatic carbocycles. The van der Waals surface area contributed by atoms with Gasteiger partial charge in [-0.05, 0) is 17.0 Å². The predicted octanol–water partition coefficient (Wildman–Crippen LogP) is 17.0. The van der Waals surface area contributed by atoms with E-state index < -0.39 is 16.4 Å². The van der Waals surface area contributed by atoms with Crippen molar-refractivity contribution in [1.29, 1.82) is 0 Å². The second-order valence-corrected chi connectivity index (χ2v) is 25.7. The molecule has 0 saturated carbocycles. The quantitative estimate of drug-likeness (QED) is 0.172. The maximum atomic E-state index is 7.02. The van der Waals surface area contributed by atoms with Gasteiger partial charge in [0.2, 0.25) is 0 Å². The summed E-state index contributed by atoms with van der Waals surface area (Å²) in [5, 5.41) is 2.34. The Labute approximate surface area is 456 Å². The van der Waals surface area contributed by atoms with E-state index in [0.717, 1.165) is 54.3 Å². The van der Waals surface area contributed by atoms with Crippen molar-refractivity contribution in [3.8, 4) is 23.0 Å². The molecule has 11 aromatic rings. The Balaban J connectivity index is 1.03. The third kappa shape index (κ3) is 5.90. The number of imidazole rings is 1. The Kier molecular flexibility index (Phi) is 9.99. The van der Waals surface area contributed by atoms with Gasteiger partial charge in [0.15, 0.2) is 0 Å². The molecule has 76 heavy (non-hydrogen) atoms. The zero-order chi connectivity index (χ0) is 52.3. The van der Waals surface area contributed by atoms with Gasteiger partial charge in [0, 0.05) is 6.20 Å². The number of benzene rings is 8. The minimum absolute atomic E-state index is 0.0268. The van der Waals surface area contributed by atoms with E-state index >= 15 is 0 Å². The van der Waals surface area contributed by atoms with Crippen molar-refractivity contribution in [1.82, 2.24) is 18.7 Å². The first-order valence-corrected chi connectivity index (χ1v) is 28.0. The van der Waals surface area contributed by atoms with Crippen LogP contribution in [0.5, 0.6) is 11.5 Å². The first kappa shape index (κ1) is 47.1. The topological polar surface area (TPSA) is 36.9 Å². The molecule has 0 N–H and O–H groups in total. The molecule has 3 heterocycles. The van der Waals surface area contributed by atoms with E-state index in [0.29, 0.717) is 0 Å². The number of rotatable bonds is 5. The molecule has 3 aromatic heterocycles. The number of aromatic nitrogens is 4. The number of nitrogens with zero attached hydrogens (tertiary/aromatic N) is 4. The normalized spacial score (nSPS) is 20.5. The van der Waals surface area contributed by atoms with Gasteiger partial charge in [0.25, 0.3) is 0 Å². The average Bonchev–Trinajstić information content (AvgIpc) is 3.65. The third-order valence-corrected chi connectivity index (χ3v) is 19.0. The molecule has 6 aliphatic rings. The first-order chi connectivity index (χ1) is 36.5. The van der Waals surface area contributed by atoms with Crippen molar-refractivity contribution in [3.05, 3.63) is 260 Å². The van der Waals surface area contributed by atoms with Gasteiger partial charge >= 0.3 is 404 Å². The number of para-hydroxylation sites is 3. The van der Waals surface area contributed by atoms with Crippen LogP contribution in [0.15, 0.2) is 206 Å². The Morgan fingerprint density at radius 1 is 0.461 bits per heavy atom. The summed E-state index contributed by atoms with van der Waals surface area (Å²) < 4.78 is 15.6. The molecule has 0 fully saturated rings. The predicted molar refractivity (Wildman–Crippen MR) is 306 cm³/mol. The van der Waals surface area contributed by atoms with E-state index in [1.54, 1.807) is 0 Å². The molecule has 0 radical (unpaired) electrons. The molecule has 0 unspecified atom stereocenters. The number of pyridine rings is 1. The Morgan fingerprint density at radius 2 is 1.00 bits per heavy atom. The van der Waals surface area contributed by atoms with Gasteiger partial charge in [-0.15, -0.1) is 0 Å². The molecule has 0 saturated heterocycles. The van der Waals surface area contributed by atoms with Crippen LogP contribution < -0.4 is 4.74 Å². The summed E-state index contributed by atoms with van der Waals surface area (Å²) in [5.74, 6) is 2.44. The Hall–Kier alpha value is -7.33. The number of hydrogen-bond donors (Lipinski definition) is 0. The fraction of sp³-hybridized carbons (Fsp3) is 0.229. The van der Waals surface area contributed by atoms with Gasteiger partial charge < -0.3 is 0 Å². The van der Waals surface area contributed by atoms with Crippen molar-refractivity contribution < 1.29 is 24.1 Å². The van der Waals surface area contributed by atoms with Crippen LogP contribution in [0.4, 0.5) is 0 Å². The molecular formula is C70H62N4OPt. The fourth-order valence-corrected chi connectivity index (χ4v) is 16.6. The van der Waals surface area contributed by atoms with E-state index in [1.165, 1.54) is 55.5 Å². The second kappa shape index (κ2) is 16.1. The standard InChI is InChI=1S/C70H62N4O.Pt/c1-65(2,3)45-39-40-71-63(41-45)74-59-34-19-12-25-49(59)50-38-37-48(43-62(50)74)75-47-24-22-23-46(42-47)72-44-73(61-36-21-20-35-60(61)72)70-53-28-13-10-26-51(53)64(52-27-11-14-29-54(52)70)68(66(4,5)6)55-30-15-17-32-57(55)69(70,67(7,8)9)58-33-18-16-31-56(58)68;/h10-43,64H,1-9H3;. The summed E-state index contributed by atoms with van der Waals surface area (Å²) in [4.78, 5) is 4.95. The molecule has 0 spiro atoms. The van der Waals surface area contributed by atoms with Gasteiger partial charge in [0.1, 0.15) is 0 Å². The van der Waals surface area contributed by atoms with Crippen LogP contribution >= 0.6 is 0 Å². The van der Waals surface area contributed by atoms with E-state index in [4.69, 9.17) is 9.72 Å². The Morgan fingerprint density at radius 3 is 1.62 bits per heavy atom. The molecule has 6 heteroatoms. The van der Waals surface area contributed by atoms with Gasteiger partial charge in [-0.3, -0.25) is 0 Å². The van der Waals surface area contributed by atoms with Crippen molar-refractivity contribution in [2.45, 2.75) is 90.0 Å². The van der Waals surface area contributed by atoms with Crippen LogP contribution in [0.1, 0.15) is 118 Å². The second-order valence-electron chi connectivity index (χ2n) is 24.7. The van der Waals surface area contributed by atoms with E-state index in [-0.39, 0.29) is 22.2 Å². The summed E-state index contributed by atoms with van der Waals surface area (Å²) in [5.41, 5.74) is 15.5. The van der Waals surface area contributed by atoms with Gasteiger partial charge in [-0.2, -0.15) is 0 Å². The van der Waals surface area contributed by atoms with Crippen LogP contribution in [-0.2, 0) is 41.1 Å². The van der Waals surface area contributed by atoms with Crippen molar-refractivity contribution in [2.75, 3.05) is 0 Å². The van der Waals surface area contributed by atoms with E-state index in [2.05, 4.69) is 296 Å². The molecule has 0 atom stereocenters. The first-order valence-electron chi connectivity index (χ1n) is 26.9. The number of hydrogen-bond acceptors (Lipinski definition) is 2. The minimum atomic E-state index is -0.809. The van der Waals surface area contributed by atoms with Crippen LogP contribution in [0.2, 0.25) is 0 Å². The molecule has 5 nitrogen and oxygen atoms in total.